The van der Waals surface area contributed by atoms with Crippen LogP contribution in [0.25, 0.3) is 11.4 Å². The molecule has 4 rings (SSSR count). The molecule has 0 radical (unpaired) electrons. The van der Waals surface area contributed by atoms with Gasteiger partial charge in [-0.15, -0.1) is 0 Å². The topological polar surface area (TPSA) is 84.1 Å². The Morgan fingerprint density at radius 1 is 1.10 bits per heavy atom. The number of aromatic nitrogens is 2. The molecule has 2 aromatic carbocycles. The fraction of sp³-hybridized carbons (Fsp3) is 0.292. The van der Waals surface area contributed by atoms with E-state index in [2.05, 4.69) is 10.3 Å². The summed E-state index contributed by atoms with van der Waals surface area (Å²) in [6.45, 7) is 0.392. The van der Waals surface area contributed by atoms with Crippen LogP contribution in [0.2, 0.25) is 0 Å². The van der Waals surface area contributed by atoms with Gasteiger partial charge in [-0.25, -0.2) is 9.37 Å². The van der Waals surface area contributed by atoms with Crippen molar-refractivity contribution in [3.05, 3.63) is 82.0 Å². The number of aryl methyl sites for hydroxylation is 1. The highest BCUT2D eigenvalue weighted by molar-refractivity contribution is 5.77. The SMILES string of the molecule is O=C(COc1ccc(F)cc1)NCC1CCc2nc(-c3ccccc3)[nH]c(=O)c2CC1. The fourth-order valence-electron chi connectivity index (χ4n) is 3.77. The first-order valence-corrected chi connectivity index (χ1v) is 10.4. The highest BCUT2D eigenvalue weighted by Gasteiger charge is 2.21. The van der Waals surface area contributed by atoms with Gasteiger partial charge in [0.05, 0.1) is 5.69 Å². The molecule has 0 bridgehead atoms. The summed E-state index contributed by atoms with van der Waals surface area (Å²) in [5.74, 6) is 0.711. The number of H-pyrrole nitrogens is 1. The Hall–Kier alpha value is -3.48. The summed E-state index contributed by atoms with van der Waals surface area (Å²) in [4.78, 5) is 32.3. The summed E-state index contributed by atoms with van der Waals surface area (Å²) in [5.41, 5.74) is 2.39. The van der Waals surface area contributed by atoms with Gasteiger partial charge in [0.15, 0.2) is 6.61 Å². The predicted octanol–water partition coefficient (Wildman–Crippen LogP) is 3.27. The van der Waals surface area contributed by atoms with E-state index in [1.54, 1.807) is 0 Å². The molecule has 6 nitrogen and oxygen atoms in total. The molecule has 1 atom stereocenters. The Kier molecular flexibility index (Phi) is 6.40. The Labute approximate surface area is 179 Å². The second-order valence-corrected chi connectivity index (χ2v) is 7.70. The summed E-state index contributed by atoms with van der Waals surface area (Å²) >= 11 is 0. The highest BCUT2D eigenvalue weighted by atomic mass is 19.1. The Morgan fingerprint density at radius 3 is 2.61 bits per heavy atom. The van der Waals surface area contributed by atoms with Crippen LogP contribution in [0.3, 0.4) is 0 Å². The molecule has 1 aliphatic rings. The molecule has 1 aromatic heterocycles. The third-order valence-corrected chi connectivity index (χ3v) is 5.51. The standard InChI is InChI=1S/C24H24FN3O3/c25-18-8-10-19(11-9-18)31-15-22(29)26-14-16-6-12-20-21(13-7-16)27-23(28-24(20)30)17-4-2-1-3-5-17/h1-5,8-11,16H,6-7,12-15H2,(H,26,29)(H,27,28,30). The number of carbonyl (C=O) groups is 1. The average Bonchev–Trinajstić information content (AvgIpc) is 3.00. The number of nitrogens with zero attached hydrogens (tertiary/aromatic N) is 1. The van der Waals surface area contributed by atoms with Crippen molar-refractivity contribution < 1.29 is 13.9 Å². The number of nitrogens with one attached hydrogen (secondary N) is 2. The molecule has 2 N–H and O–H groups in total. The third-order valence-electron chi connectivity index (χ3n) is 5.51. The zero-order valence-corrected chi connectivity index (χ0v) is 17.1. The van der Waals surface area contributed by atoms with Gasteiger partial charge in [-0.3, -0.25) is 9.59 Å². The predicted molar refractivity (Wildman–Crippen MR) is 115 cm³/mol. The van der Waals surface area contributed by atoms with Crippen LogP contribution in [0.5, 0.6) is 5.75 Å². The summed E-state index contributed by atoms with van der Waals surface area (Å²) in [6.07, 6.45) is 2.99. The van der Waals surface area contributed by atoms with E-state index in [0.717, 1.165) is 29.7 Å². The summed E-state index contributed by atoms with van der Waals surface area (Å²) in [5, 5.41) is 2.90. The second-order valence-electron chi connectivity index (χ2n) is 7.70. The van der Waals surface area contributed by atoms with E-state index >= 15 is 0 Å². The van der Waals surface area contributed by atoms with Gasteiger partial charge in [-0.2, -0.15) is 0 Å². The molecule has 31 heavy (non-hydrogen) atoms. The first kappa shape index (κ1) is 20.8. The van der Waals surface area contributed by atoms with Gasteiger partial charge in [-0.1, -0.05) is 30.3 Å². The molecule has 0 saturated carbocycles. The number of amides is 1. The van der Waals surface area contributed by atoms with Crippen LogP contribution in [0.15, 0.2) is 59.4 Å². The van der Waals surface area contributed by atoms with Crippen molar-refractivity contribution in [3.63, 3.8) is 0 Å². The van der Waals surface area contributed by atoms with E-state index in [4.69, 9.17) is 9.72 Å². The van der Waals surface area contributed by atoms with E-state index in [1.807, 2.05) is 30.3 Å². The minimum atomic E-state index is -0.352. The van der Waals surface area contributed by atoms with E-state index < -0.39 is 0 Å². The molecule has 1 aliphatic carbocycles. The summed E-state index contributed by atoms with van der Waals surface area (Å²) in [6, 6.07) is 15.2. The van der Waals surface area contributed by atoms with Gasteiger partial charge in [0, 0.05) is 17.7 Å². The van der Waals surface area contributed by atoms with Gasteiger partial charge >= 0.3 is 0 Å². The number of halogens is 1. The summed E-state index contributed by atoms with van der Waals surface area (Å²) in [7, 11) is 0. The normalized spacial score (nSPS) is 15.6. The molecule has 0 fully saturated rings. The zero-order valence-electron chi connectivity index (χ0n) is 17.1. The Morgan fingerprint density at radius 2 is 1.84 bits per heavy atom. The van der Waals surface area contributed by atoms with Crippen molar-refractivity contribution >= 4 is 5.91 Å². The van der Waals surface area contributed by atoms with Gasteiger partial charge in [0.2, 0.25) is 0 Å². The molecular formula is C24H24FN3O3. The maximum absolute atomic E-state index is 12.9. The number of benzene rings is 2. The minimum Gasteiger partial charge on any atom is -0.484 e. The number of hydrogen-bond donors (Lipinski definition) is 2. The van der Waals surface area contributed by atoms with E-state index in [0.29, 0.717) is 31.0 Å². The molecule has 1 amide bonds. The van der Waals surface area contributed by atoms with Crippen molar-refractivity contribution in [2.45, 2.75) is 25.7 Å². The van der Waals surface area contributed by atoms with Gasteiger partial charge in [0.1, 0.15) is 17.4 Å². The Bertz CT molecular complexity index is 1100. The second kappa shape index (κ2) is 9.55. The molecular weight excluding hydrogens is 397 g/mol. The lowest BCUT2D eigenvalue weighted by molar-refractivity contribution is -0.123. The van der Waals surface area contributed by atoms with Gasteiger partial charge in [-0.05, 0) is 55.9 Å². The lowest BCUT2D eigenvalue weighted by Crippen LogP contribution is -2.33. The highest BCUT2D eigenvalue weighted by Crippen LogP contribution is 2.23. The van der Waals surface area contributed by atoms with Gasteiger partial charge < -0.3 is 15.0 Å². The van der Waals surface area contributed by atoms with Crippen LogP contribution >= 0.6 is 0 Å². The van der Waals surface area contributed by atoms with Crippen LogP contribution in [-0.4, -0.2) is 29.0 Å². The first-order chi connectivity index (χ1) is 15.1. The third kappa shape index (κ3) is 5.36. The smallest absolute Gasteiger partial charge is 0.257 e. The van der Waals surface area contributed by atoms with Crippen LogP contribution < -0.4 is 15.6 Å². The van der Waals surface area contributed by atoms with Crippen LogP contribution in [0.1, 0.15) is 24.1 Å². The number of fused-ring (bicyclic) bond motifs is 1. The molecule has 160 valence electrons. The Balaban J connectivity index is 1.32. The number of ether oxygens (including phenoxy) is 1. The maximum Gasteiger partial charge on any atom is 0.257 e. The molecule has 0 spiro atoms. The summed E-state index contributed by atoms with van der Waals surface area (Å²) < 4.78 is 18.3. The van der Waals surface area contributed by atoms with Crippen molar-refractivity contribution in [1.82, 2.24) is 15.3 Å². The first-order valence-electron chi connectivity index (χ1n) is 10.4. The number of hydrogen-bond acceptors (Lipinski definition) is 4. The minimum absolute atomic E-state index is 0.0822. The quantitative estimate of drug-likeness (QED) is 0.599. The molecule has 0 aliphatic heterocycles. The zero-order chi connectivity index (χ0) is 21.6. The van der Waals surface area contributed by atoms with E-state index in [1.165, 1.54) is 24.3 Å². The molecule has 0 saturated heterocycles. The van der Waals surface area contributed by atoms with Crippen LogP contribution in [-0.2, 0) is 17.6 Å². The molecule has 1 unspecified atom stereocenters. The lowest BCUT2D eigenvalue weighted by atomic mass is 10.00. The fourth-order valence-corrected chi connectivity index (χ4v) is 3.77. The van der Waals surface area contributed by atoms with Crippen LogP contribution in [0, 0.1) is 11.7 Å². The van der Waals surface area contributed by atoms with E-state index in [-0.39, 0.29) is 29.8 Å². The molecule has 3 aromatic rings. The lowest BCUT2D eigenvalue weighted by Gasteiger charge is -2.15. The van der Waals surface area contributed by atoms with Crippen molar-refractivity contribution in [3.8, 4) is 17.1 Å². The average molecular weight is 421 g/mol. The number of rotatable bonds is 6. The monoisotopic (exact) mass is 421 g/mol. The molecule has 7 heteroatoms. The van der Waals surface area contributed by atoms with Gasteiger partial charge in [0.25, 0.3) is 11.5 Å². The maximum atomic E-state index is 12.9. The van der Waals surface area contributed by atoms with E-state index in [9.17, 15) is 14.0 Å². The van der Waals surface area contributed by atoms with Crippen LogP contribution in [0.4, 0.5) is 4.39 Å². The number of carbonyl (C=O) groups excluding carboxylic acids is 1. The number of aromatic amines is 1. The largest absolute Gasteiger partial charge is 0.484 e. The molecule has 1 heterocycles. The van der Waals surface area contributed by atoms with Crippen molar-refractivity contribution in [2.24, 2.45) is 5.92 Å². The van der Waals surface area contributed by atoms with Crippen molar-refractivity contribution in [1.29, 1.82) is 0 Å². The van der Waals surface area contributed by atoms with Crippen molar-refractivity contribution in [2.75, 3.05) is 13.2 Å².